The highest BCUT2D eigenvalue weighted by molar-refractivity contribution is 5.66. The Hall–Kier alpha value is -0.990. The standard InChI is InChI=1S/C19H37NO2/c1-3-4-5-6-7-8-9-10-11-12-13-14-15-16-17-18-20-19(21)22-2/h10-11H,3-9,12-18H2,1-2H3,(H,20,21)/b11-10+. The largest absolute Gasteiger partial charge is 0.453 e. The maximum absolute atomic E-state index is 10.8. The number of carbonyl (C=O) groups is 1. The van der Waals surface area contributed by atoms with E-state index >= 15 is 0 Å². The van der Waals surface area contributed by atoms with Crippen molar-refractivity contribution in [1.82, 2.24) is 5.32 Å². The molecule has 1 amide bonds. The molecule has 0 bridgehead atoms. The second kappa shape index (κ2) is 18.1. The molecule has 0 saturated carbocycles. The molecule has 1 N–H and O–H groups in total. The van der Waals surface area contributed by atoms with Crippen molar-refractivity contribution in [2.45, 2.75) is 90.4 Å². The number of methoxy groups -OCH3 is 1. The molecule has 0 spiro atoms. The molecule has 22 heavy (non-hydrogen) atoms. The topological polar surface area (TPSA) is 38.3 Å². The number of alkyl carbamates (subject to hydrolysis) is 1. The molecule has 0 unspecified atom stereocenters. The lowest BCUT2D eigenvalue weighted by Gasteiger charge is -2.03. The van der Waals surface area contributed by atoms with Gasteiger partial charge < -0.3 is 10.1 Å². The second-order valence-electron chi connectivity index (χ2n) is 6.00. The maximum atomic E-state index is 10.8. The van der Waals surface area contributed by atoms with Crippen molar-refractivity contribution >= 4 is 6.09 Å². The number of rotatable bonds is 15. The molecule has 0 aliphatic rings. The highest BCUT2D eigenvalue weighted by Gasteiger charge is 1.96. The van der Waals surface area contributed by atoms with Crippen LogP contribution < -0.4 is 5.32 Å². The Morgan fingerprint density at radius 2 is 1.32 bits per heavy atom. The van der Waals surface area contributed by atoms with E-state index in [1.807, 2.05) is 0 Å². The highest BCUT2D eigenvalue weighted by Crippen LogP contribution is 2.09. The van der Waals surface area contributed by atoms with Crippen LogP contribution >= 0.6 is 0 Å². The number of hydrogen-bond donors (Lipinski definition) is 1. The average molecular weight is 312 g/mol. The van der Waals surface area contributed by atoms with E-state index in [-0.39, 0.29) is 6.09 Å². The van der Waals surface area contributed by atoms with Gasteiger partial charge in [0.25, 0.3) is 0 Å². The Kier molecular flexibility index (Phi) is 17.2. The Labute approximate surface area is 137 Å². The Balaban J connectivity index is 3.09. The number of nitrogens with one attached hydrogen (secondary N) is 1. The third-order valence-corrected chi connectivity index (χ3v) is 3.89. The summed E-state index contributed by atoms with van der Waals surface area (Å²) in [5, 5.41) is 2.71. The number of allylic oxidation sites excluding steroid dienone is 2. The fourth-order valence-corrected chi connectivity index (χ4v) is 2.46. The monoisotopic (exact) mass is 311 g/mol. The van der Waals surface area contributed by atoms with Gasteiger partial charge in [-0.1, -0.05) is 70.4 Å². The molecule has 0 aliphatic carbocycles. The van der Waals surface area contributed by atoms with E-state index in [0.29, 0.717) is 0 Å². The fourth-order valence-electron chi connectivity index (χ4n) is 2.46. The predicted molar refractivity (Wildman–Crippen MR) is 95.2 cm³/mol. The summed E-state index contributed by atoms with van der Waals surface area (Å²) in [7, 11) is 1.40. The molecule has 130 valence electrons. The minimum atomic E-state index is -0.324. The summed E-state index contributed by atoms with van der Waals surface area (Å²) in [4.78, 5) is 10.8. The van der Waals surface area contributed by atoms with Crippen LogP contribution in [0.4, 0.5) is 4.79 Å². The van der Waals surface area contributed by atoms with Gasteiger partial charge >= 0.3 is 6.09 Å². The van der Waals surface area contributed by atoms with Gasteiger partial charge in [-0.3, -0.25) is 0 Å². The maximum Gasteiger partial charge on any atom is 0.406 e. The van der Waals surface area contributed by atoms with Crippen molar-refractivity contribution in [3.63, 3.8) is 0 Å². The molecule has 0 aromatic heterocycles. The molecule has 0 fully saturated rings. The molecule has 3 nitrogen and oxygen atoms in total. The van der Waals surface area contributed by atoms with E-state index < -0.39 is 0 Å². The van der Waals surface area contributed by atoms with Crippen molar-refractivity contribution in [1.29, 1.82) is 0 Å². The van der Waals surface area contributed by atoms with Crippen molar-refractivity contribution in [3.8, 4) is 0 Å². The molecule has 3 heteroatoms. The van der Waals surface area contributed by atoms with Crippen molar-refractivity contribution in [3.05, 3.63) is 12.2 Å². The van der Waals surface area contributed by atoms with Crippen LogP contribution in [0, 0.1) is 0 Å². The first-order chi connectivity index (χ1) is 10.8. The summed E-state index contributed by atoms with van der Waals surface area (Å²) in [6.45, 7) is 2.99. The quantitative estimate of drug-likeness (QED) is 0.298. The first kappa shape index (κ1) is 21.0. The van der Waals surface area contributed by atoms with Crippen LogP contribution in [0.1, 0.15) is 90.4 Å². The number of hydrogen-bond acceptors (Lipinski definition) is 2. The van der Waals surface area contributed by atoms with Crippen LogP contribution in [-0.2, 0) is 4.74 Å². The zero-order valence-corrected chi connectivity index (χ0v) is 14.9. The van der Waals surface area contributed by atoms with Gasteiger partial charge in [-0.25, -0.2) is 4.79 Å². The van der Waals surface area contributed by atoms with Crippen LogP contribution in [0.15, 0.2) is 12.2 Å². The summed E-state index contributed by atoms with van der Waals surface area (Å²) in [5.41, 5.74) is 0. The average Bonchev–Trinajstić information content (AvgIpc) is 2.54. The van der Waals surface area contributed by atoms with Gasteiger partial charge in [0.2, 0.25) is 0 Å². The Morgan fingerprint density at radius 1 is 0.818 bits per heavy atom. The molecule has 0 atom stereocenters. The van der Waals surface area contributed by atoms with Crippen molar-refractivity contribution < 1.29 is 9.53 Å². The van der Waals surface area contributed by atoms with Crippen LogP contribution in [0.3, 0.4) is 0 Å². The van der Waals surface area contributed by atoms with Crippen LogP contribution in [0.25, 0.3) is 0 Å². The molecule has 0 aromatic carbocycles. The summed E-state index contributed by atoms with van der Waals surface area (Å²) >= 11 is 0. The predicted octanol–water partition coefficient (Wildman–Crippen LogP) is 5.99. The van der Waals surface area contributed by atoms with E-state index in [4.69, 9.17) is 0 Å². The summed E-state index contributed by atoms with van der Waals surface area (Å²) in [5.74, 6) is 0. The third kappa shape index (κ3) is 17.1. The molecule has 0 saturated heterocycles. The minimum absolute atomic E-state index is 0.324. The Morgan fingerprint density at radius 3 is 1.86 bits per heavy atom. The highest BCUT2D eigenvalue weighted by atomic mass is 16.5. The lowest BCUT2D eigenvalue weighted by atomic mass is 10.1. The van der Waals surface area contributed by atoms with E-state index in [9.17, 15) is 4.79 Å². The fraction of sp³-hybridized carbons (Fsp3) is 0.842. The second-order valence-corrected chi connectivity index (χ2v) is 6.00. The normalized spacial score (nSPS) is 11.0. The smallest absolute Gasteiger partial charge is 0.406 e. The molecular weight excluding hydrogens is 274 g/mol. The van der Waals surface area contributed by atoms with E-state index in [1.54, 1.807) is 0 Å². The lowest BCUT2D eigenvalue weighted by Crippen LogP contribution is -2.23. The van der Waals surface area contributed by atoms with Gasteiger partial charge in [-0.05, 0) is 32.1 Å². The zero-order chi connectivity index (χ0) is 16.3. The van der Waals surface area contributed by atoms with E-state index in [0.717, 1.165) is 13.0 Å². The molecule has 0 aromatic rings. The number of carbonyl (C=O) groups excluding carboxylic acids is 1. The van der Waals surface area contributed by atoms with Gasteiger partial charge in [0.05, 0.1) is 7.11 Å². The first-order valence-corrected chi connectivity index (χ1v) is 9.28. The van der Waals surface area contributed by atoms with Gasteiger partial charge in [0.1, 0.15) is 0 Å². The zero-order valence-electron chi connectivity index (χ0n) is 14.9. The van der Waals surface area contributed by atoms with Crippen LogP contribution in [0.5, 0.6) is 0 Å². The van der Waals surface area contributed by atoms with E-state index in [2.05, 4.69) is 29.1 Å². The van der Waals surface area contributed by atoms with E-state index in [1.165, 1.54) is 84.2 Å². The molecule has 0 aliphatic heterocycles. The molecule has 0 heterocycles. The lowest BCUT2D eigenvalue weighted by molar-refractivity contribution is 0.171. The summed E-state index contributed by atoms with van der Waals surface area (Å²) < 4.78 is 4.52. The van der Waals surface area contributed by atoms with Gasteiger partial charge in [0.15, 0.2) is 0 Å². The molecule has 0 rings (SSSR count). The van der Waals surface area contributed by atoms with Crippen molar-refractivity contribution in [2.24, 2.45) is 0 Å². The Bertz CT molecular complexity index is 264. The first-order valence-electron chi connectivity index (χ1n) is 9.28. The van der Waals surface area contributed by atoms with Crippen LogP contribution in [-0.4, -0.2) is 19.7 Å². The number of amides is 1. The molecular formula is C19H37NO2. The van der Waals surface area contributed by atoms with Crippen LogP contribution in [0.2, 0.25) is 0 Å². The number of ether oxygens (including phenoxy) is 1. The third-order valence-electron chi connectivity index (χ3n) is 3.89. The SMILES string of the molecule is CCCCCCCC/C=C/CCCCCCCNC(=O)OC. The summed E-state index contributed by atoms with van der Waals surface area (Å²) in [6.07, 6.45) is 21.2. The van der Waals surface area contributed by atoms with Gasteiger partial charge in [0, 0.05) is 6.54 Å². The number of unbranched alkanes of at least 4 members (excludes halogenated alkanes) is 11. The van der Waals surface area contributed by atoms with Gasteiger partial charge in [-0.15, -0.1) is 0 Å². The summed E-state index contributed by atoms with van der Waals surface area (Å²) in [6, 6.07) is 0. The minimum Gasteiger partial charge on any atom is -0.453 e. The van der Waals surface area contributed by atoms with Crippen molar-refractivity contribution in [2.75, 3.05) is 13.7 Å². The van der Waals surface area contributed by atoms with Gasteiger partial charge in [-0.2, -0.15) is 0 Å². The molecule has 0 radical (unpaired) electrons.